The zero-order valence-electron chi connectivity index (χ0n) is 11.7. The predicted molar refractivity (Wildman–Crippen MR) is 74.3 cm³/mol. The second-order valence-electron chi connectivity index (χ2n) is 5.23. The van der Waals surface area contributed by atoms with E-state index in [9.17, 15) is 9.90 Å². The summed E-state index contributed by atoms with van der Waals surface area (Å²) in [5.74, 6) is 0. The van der Waals surface area contributed by atoms with Gasteiger partial charge >= 0.3 is 6.09 Å². The molecule has 0 unspecified atom stereocenters. The summed E-state index contributed by atoms with van der Waals surface area (Å²) in [6.07, 6.45) is 0.667. The van der Waals surface area contributed by atoms with Crippen LogP contribution in [0.5, 0.6) is 0 Å². The number of nitrogens with zero attached hydrogens (tertiary/aromatic N) is 1. The van der Waals surface area contributed by atoms with Crippen molar-refractivity contribution < 1.29 is 19.4 Å². The average molecular weight is 279 g/mol. The van der Waals surface area contributed by atoms with Crippen LogP contribution < -0.4 is 0 Å². The Morgan fingerprint density at radius 3 is 2.65 bits per heavy atom. The highest BCUT2D eigenvalue weighted by Crippen LogP contribution is 2.21. The standard InChI is InChI=1S/C15H21NO4/c1-16(12-15(18)7-9-19-10-8-15)14(17)20-11-13-5-3-2-4-6-13/h2-6,18H,7-12H2,1H3. The summed E-state index contributed by atoms with van der Waals surface area (Å²) >= 11 is 0. The summed E-state index contributed by atoms with van der Waals surface area (Å²) in [6, 6.07) is 9.52. The van der Waals surface area contributed by atoms with E-state index in [1.165, 1.54) is 4.90 Å². The lowest BCUT2D eigenvalue weighted by atomic mass is 9.94. The Labute approximate surface area is 119 Å². The van der Waals surface area contributed by atoms with Crippen molar-refractivity contribution >= 4 is 6.09 Å². The quantitative estimate of drug-likeness (QED) is 0.913. The van der Waals surface area contributed by atoms with Gasteiger partial charge in [-0.05, 0) is 5.56 Å². The molecule has 0 aromatic heterocycles. The van der Waals surface area contributed by atoms with E-state index in [0.717, 1.165) is 5.56 Å². The van der Waals surface area contributed by atoms with E-state index in [4.69, 9.17) is 9.47 Å². The van der Waals surface area contributed by atoms with Crippen LogP contribution in [0.4, 0.5) is 4.79 Å². The van der Waals surface area contributed by atoms with Gasteiger partial charge in [0.1, 0.15) is 6.61 Å². The van der Waals surface area contributed by atoms with Gasteiger partial charge in [0.05, 0.1) is 12.1 Å². The molecule has 1 aromatic rings. The Kier molecular flexibility index (Phi) is 4.98. The maximum absolute atomic E-state index is 11.9. The fourth-order valence-corrected chi connectivity index (χ4v) is 2.25. The third kappa shape index (κ3) is 4.21. The first-order valence-electron chi connectivity index (χ1n) is 6.81. The number of aliphatic hydroxyl groups is 1. The Morgan fingerprint density at radius 2 is 2.00 bits per heavy atom. The van der Waals surface area contributed by atoms with Gasteiger partial charge < -0.3 is 19.5 Å². The summed E-state index contributed by atoms with van der Waals surface area (Å²) in [4.78, 5) is 13.3. The number of likely N-dealkylation sites (N-methyl/N-ethyl adjacent to an activating group) is 1. The molecule has 5 heteroatoms. The largest absolute Gasteiger partial charge is 0.445 e. The smallest absolute Gasteiger partial charge is 0.409 e. The van der Waals surface area contributed by atoms with Gasteiger partial charge in [-0.25, -0.2) is 4.79 Å². The number of carbonyl (C=O) groups excluding carboxylic acids is 1. The summed E-state index contributed by atoms with van der Waals surface area (Å²) < 4.78 is 10.4. The topological polar surface area (TPSA) is 59.0 Å². The van der Waals surface area contributed by atoms with Crippen molar-refractivity contribution in [2.45, 2.75) is 25.0 Å². The first-order chi connectivity index (χ1) is 9.59. The molecular weight excluding hydrogens is 258 g/mol. The first-order valence-corrected chi connectivity index (χ1v) is 6.81. The van der Waals surface area contributed by atoms with E-state index < -0.39 is 11.7 Å². The van der Waals surface area contributed by atoms with Crippen LogP contribution in [0.15, 0.2) is 30.3 Å². The minimum absolute atomic E-state index is 0.242. The molecule has 0 spiro atoms. The molecule has 1 saturated heterocycles. The summed E-state index contributed by atoms with van der Waals surface area (Å²) in [7, 11) is 1.64. The summed E-state index contributed by atoms with van der Waals surface area (Å²) in [5, 5.41) is 10.3. The van der Waals surface area contributed by atoms with Crippen LogP contribution in [0, 0.1) is 0 Å². The lowest BCUT2D eigenvalue weighted by molar-refractivity contribution is -0.0754. The Hall–Kier alpha value is -1.59. The number of carbonyl (C=O) groups is 1. The molecule has 1 aliphatic heterocycles. The molecular formula is C15H21NO4. The van der Waals surface area contributed by atoms with Crippen molar-refractivity contribution in [2.75, 3.05) is 26.8 Å². The minimum atomic E-state index is -0.862. The average Bonchev–Trinajstić information content (AvgIpc) is 2.46. The van der Waals surface area contributed by atoms with Gasteiger partial charge in [0, 0.05) is 33.1 Å². The molecule has 1 aromatic carbocycles. The molecule has 0 bridgehead atoms. The van der Waals surface area contributed by atoms with Crippen LogP contribution in [-0.2, 0) is 16.1 Å². The maximum Gasteiger partial charge on any atom is 0.409 e. The molecule has 20 heavy (non-hydrogen) atoms. The van der Waals surface area contributed by atoms with Crippen LogP contribution in [0.3, 0.4) is 0 Å². The second-order valence-corrected chi connectivity index (χ2v) is 5.23. The molecule has 2 rings (SSSR count). The van der Waals surface area contributed by atoms with Crippen LogP contribution >= 0.6 is 0 Å². The number of ether oxygens (including phenoxy) is 2. The summed E-state index contributed by atoms with van der Waals surface area (Å²) in [5.41, 5.74) is 0.0812. The van der Waals surface area contributed by atoms with Gasteiger partial charge in [-0.2, -0.15) is 0 Å². The number of hydrogen-bond acceptors (Lipinski definition) is 4. The first kappa shape index (κ1) is 14.8. The zero-order valence-corrected chi connectivity index (χ0v) is 11.7. The van der Waals surface area contributed by atoms with Crippen molar-refractivity contribution in [3.63, 3.8) is 0 Å². The van der Waals surface area contributed by atoms with Crippen LogP contribution in [0.2, 0.25) is 0 Å². The molecule has 1 heterocycles. The number of amides is 1. The number of rotatable bonds is 4. The molecule has 1 amide bonds. The molecule has 1 fully saturated rings. The van der Waals surface area contributed by atoms with Crippen molar-refractivity contribution in [3.05, 3.63) is 35.9 Å². The third-order valence-electron chi connectivity index (χ3n) is 3.47. The summed E-state index contributed by atoms with van der Waals surface area (Å²) in [6.45, 7) is 1.57. The normalized spacial score (nSPS) is 17.5. The third-order valence-corrected chi connectivity index (χ3v) is 3.47. The highest BCUT2D eigenvalue weighted by atomic mass is 16.6. The number of hydrogen-bond donors (Lipinski definition) is 1. The highest BCUT2D eigenvalue weighted by Gasteiger charge is 2.32. The monoisotopic (exact) mass is 279 g/mol. The van der Waals surface area contributed by atoms with Gasteiger partial charge in [0.2, 0.25) is 0 Å². The maximum atomic E-state index is 11.9. The van der Waals surface area contributed by atoms with Crippen molar-refractivity contribution in [1.82, 2.24) is 4.90 Å². The second kappa shape index (κ2) is 6.72. The van der Waals surface area contributed by atoms with E-state index in [2.05, 4.69) is 0 Å². The molecule has 110 valence electrons. The Balaban J connectivity index is 1.79. The van der Waals surface area contributed by atoms with Crippen molar-refractivity contribution in [2.24, 2.45) is 0 Å². The van der Waals surface area contributed by atoms with Crippen LogP contribution in [0.1, 0.15) is 18.4 Å². The Morgan fingerprint density at radius 1 is 1.35 bits per heavy atom. The fraction of sp³-hybridized carbons (Fsp3) is 0.533. The van der Waals surface area contributed by atoms with E-state index in [1.54, 1.807) is 7.05 Å². The van der Waals surface area contributed by atoms with Crippen molar-refractivity contribution in [3.8, 4) is 0 Å². The van der Waals surface area contributed by atoms with Crippen LogP contribution in [-0.4, -0.2) is 48.5 Å². The van der Waals surface area contributed by atoms with Crippen molar-refractivity contribution in [1.29, 1.82) is 0 Å². The zero-order chi connectivity index (χ0) is 14.4. The van der Waals surface area contributed by atoms with E-state index in [-0.39, 0.29) is 13.2 Å². The highest BCUT2D eigenvalue weighted by molar-refractivity contribution is 5.67. The lowest BCUT2D eigenvalue weighted by Gasteiger charge is -2.34. The van der Waals surface area contributed by atoms with Gasteiger partial charge in [0.15, 0.2) is 0 Å². The SMILES string of the molecule is CN(CC1(O)CCOCC1)C(=O)OCc1ccccc1. The van der Waals surface area contributed by atoms with E-state index in [1.807, 2.05) is 30.3 Å². The molecule has 1 aliphatic rings. The predicted octanol–water partition coefficient (Wildman–Crippen LogP) is 1.80. The minimum Gasteiger partial charge on any atom is -0.445 e. The molecule has 0 saturated carbocycles. The fourth-order valence-electron chi connectivity index (χ4n) is 2.25. The van der Waals surface area contributed by atoms with E-state index >= 15 is 0 Å². The van der Waals surface area contributed by atoms with E-state index in [0.29, 0.717) is 26.1 Å². The molecule has 5 nitrogen and oxygen atoms in total. The van der Waals surface area contributed by atoms with Gasteiger partial charge in [-0.1, -0.05) is 30.3 Å². The molecule has 0 atom stereocenters. The lowest BCUT2D eigenvalue weighted by Crippen LogP contribution is -2.47. The van der Waals surface area contributed by atoms with Gasteiger partial charge in [-0.3, -0.25) is 0 Å². The molecule has 0 aliphatic carbocycles. The molecule has 0 radical (unpaired) electrons. The number of benzene rings is 1. The Bertz CT molecular complexity index is 429. The van der Waals surface area contributed by atoms with Gasteiger partial charge in [-0.15, -0.1) is 0 Å². The van der Waals surface area contributed by atoms with Gasteiger partial charge in [0.25, 0.3) is 0 Å². The molecule has 1 N–H and O–H groups in total. The van der Waals surface area contributed by atoms with Crippen LogP contribution in [0.25, 0.3) is 0 Å².